The molecule has 0 aliphatic rings. The van der Waals surface area contributed by atoms with Gasteiger partial charge in [-0.05, 0) is 81.8 Å². The molecule has 0 radical (unpaired) electrons. The predicted molar refractivity (Wildman–Crippen MR) is 154 cm³/mol. The van der Waals surface area contributed by atoms with Crippen molar-refractivity contribution in [2.75, 3.05) is 10.8 Å². The number of anilines is 1. The molecule has 0 spiro atoms. The van der Waals surface area contributed by atoms with Crippen molar-refractivity contribution in [3.05, 3.63) is 93.9 Å². The Kier molecular flexibility index (Phi) is 9.62. The summed E-state index contributed by atoms with van der Waals surface area (Å²) in [6.07, 6.45) is 0. The second-order valence-corrected chi connectivity index (χ2v) is 13.1. The number of sulfonamides is 1. The lowest BCUT2D eigenvalue weighted by Gasteiger charge is -2.33. The number of amides is 2. The molecule has 1 N–H and O–H groups in total. The van der Waals surface area contributed by atoms with Gasteiger partial charge in [0, 0.05) is 21.6 Å². The molecular formula is C28H31BrClN3O4S. The molecule has 3 rings (SSSR count). The zero-order valence-corrected chi connectivity index (χ0v) is 24.8. The Bertz CT molecular complexity index is 1380. The molecular weight excluding hydrogens is 590 g/mol. The number of benzene rings is 3. The zero-order chi connectivity index (χ0) is 28.1. The number of hydrogen-bond donors (Lipinski definition) is 1. The third-order valence-corrected chi connectivity index (χ3v) is 8.17. The first-order valence-corrected chi connectivity index (χ1v) is 14.6. The molecule has 38 heavy (non-hydrogen) atoms. The van der Waals surface area contributed by atoms with Gasteiger partial charge in [0.05, 0.1) is 10.6 Å². The van der Waals surface area contributed by atoms with Crippen molar-refractivity contribution in [1.29, 1.82) is 0 Å². The van der Waals surface area contributed by atoms with E-state index in [9.17, 15) is 18.0 Å². The largest absolute Gasteiger partial charge is 0.350 e. The smallest absolute Gasteiger partial charge is 0.264 e. The summed E-state index contributed by atoms with van der Waals surface area (Å²) < 4.78 is 29.3. The van der Waals surface area contributed by atoms with Crippen LogP contribution in [0.4, 0.5) is 5.69 Å². The topological polar surface area (TPSA) is 86.8 Å². The van der Waals surface area contributed by atoms with Gasteiger partial charge in [-0.1, -0.05) is 57.9 Å². The minimum Gasteiger partial charge on any atom is -0.350 e. The average Bonchev–Trinajstić information content (AvgIpc) is 2.85. The van der Waals surface area contributed by atoms with Gasteiger partial charge in [0.1, 0.15) is 12.6 Å². The number of carbonyl (C=O) groups excluding carboxylic acids is 2. The van der Waals surface area contributed by atoms with E-state index in [1.807, 2.05) is 45.0 Å². The molecule has 0 saturated heterocycles. The van der Waals surface area contributed by atoms with Gasteiger partial charge in [0.15, 0.2) is 0 Å². The first-order valence-electron chi connectivity index (χ1n) is 12.0. The monoisotopic (exact) mass is 619 g/mol. The van der Waals surface area contributed by atoms with Gasteiger partial charge >= 0.3 is 0 Å². The zero-order valence-electron chi connectivity index (χ0n) is 21.7. The molecule has 0 aliphatic carbocycles. The molecule has 3 aromatic carbocycles. The first-order chi connectivity index (χ1) is 17.8. The van der Waals surface area contributed by atoms with Crippen LogP contribution >= 0.6 is 27.5 Å². The Balaban J connectivity index is 2.02. The fourth-order valence-electron chi connectivity index (χ4n) is 3.74. The van der Waals surface area contributed by atoms with Gasteiger partial charge in [0.2, 0.25) is 11.8 Å². The number of halogens is 2. The molecule has 7 nitrogen and oxygen atoms in total. The summed E-state index contributed by atoms with van der Waals surface area (Å²) in [5.74, 6) is -0.874. The van der Waals surface area contributed by atoms with Crippen LogP contribution in [0.5, 0.6) is 0 Å². The van der Waals surface area contributed by atoms with E-state index in [0.29, 0.717) is 5.02 Å². The van der Waals surface area contributed by atoms with Crippen molar-refractivity contribution < 1.29 is 18.0 Å². The third kappa shape index (κ3) is 7.82. The summed E-state index contributed by atoms with van der Waals surface area (Å²) in [4.78, 5) is 28.4. The third-order valence-electron chi connectivity index (χ3n) is 5.63. The van der Waals surface area contributed by atoms with E-state index in [-0.39, 0.29) is 23.0 Å². The molecule has 0 fully saturated rings. The number of nitrogens with zero attached hydrogens (tertiary/aromatic N) is 2. The highest BCUT2D eigenvalue weighted by Crippen LogP contribution is 2.26. The second kappa shape index (κ2) is 12.3. The Morgan fingerprint density at radius 1 is 0.974 bits per heavy atom. The van der Waals surface area contributed by atoms with Crippen LogP contribution in [0, 0.1) is 0 Å². The standard InChI is InChI=1S/C28H31BrClN3O4S/c1-20(27(35)31-28(2,3)4)32(18-21-9-8-10-22(29)17-21)26(34)19-33(24-15-13-23(30)14-16-24)38(36,37)25-11-6-5-7-12-25/h5-17,20H,18-19H2,1-4H3,(H,31,35). The maximum atomic E-state index is 13.9. The number of rotatable bonds is 9. The van der Waals surface area contributed by atoms with E-state index >= 15 is 0 Å². The van der Waals surface area contributed by atoms with E-state index in [1.54, 1.807) is 49.4 Å². The van der Waals surface area contributed by atoms with Crippen LogP contribution < -0.4 is 9.62 Å². The molecule has 0 heterocycles. The highest BCUT2D eigenvalue weighted by molar-refractivity contribution is 9.10. The van der Waals surface area contributed by atoms with Crippen molar-refractivity contribution in [2.24, 2.45) is 0 Å². The van der Waals surface area contributed by atoms with Gasteiger partial charge in [-0.2, -0.15) is 0 Å². The lowest BCUT2D eigenvalue weighted by Crippen LogP contribution is -2.54. The van der Waals surface area contributed by atoms with Crippen molar-refractivity contribution in [2.45, 2.75) is 50.7 Å². The van der Waals surface area contributed by atoms with E-state index < -0.39 is 34.1 Å². The second-order valence-electron chi connectivity index (χ2n) is 9.87. The maximum Gasteiger partial charge on any atom is 0.264 e. The molecule has 1 atom stereocenters. The lowest BCUT2D eigenvalue weighted by molar-refractivity contribution is -0.140. The summed E-state index contributed by atoms with van der Waals surface area (Å²) in [5, 5.41) is 3.34. The van der Waals surface area contributed by atoms with Crippen LogP contribution in [-0.4, -0.2) is 43.3 Å². The van der Waals surface area contributed by atoms with Crippen LogP contribution in [0.15, 0.2) is 88.2 Å². The molecule has 2 amide bonds. The number of carbonyl (C=O) groups is 2. The van der Waals surface area contributed by atoms with Gasteiger partial charge in [-0.15, -0.1) is 0 Å². The minimum absolute atomic E-state index is 0.0415. The van der Waals surface area contributed by atoms with Crippen molar-refractivity contribution in [1.82, 2.24) is 10.2 Å². The van der Waals surface area contributed by atoms with Gasteiger partial charge < -0.3 is 10.2 Å². The summed E-state index contributed by atoms with van der Waals surface area (Å²) in [7, 11) is -4.12. The van der Waals surface area contributed by atoms with Gasteiger partial charge in [0.25, 0.3) is 10.0 Å². The van der Waals surface area contributed by atoms with Crippen molar-refractivity contribution in [3.8, 4) is 0 Å². The Morgan fingerprint density at radius 2 is 1.61 bits per heavy atom. The highest BCUT2D eigenvalue weighted by atomic mass is 79.9. The van der Waals surface area contributed by atoms with Gasteiger partial charge in [-0.25, -0.2) is 8.42 Å². The van der Waals surface area contributed by atoms with E-state index in [0.717, 1.165) is 14.3 Å². The Labute approximate surface area is 238 Å². The first kappa shape index (κ1) is 29.7. The molecule has 1 unspecified atom stereocenters. The van der Waals surface area contributed by atoms with Gasteiger partial charge in [-0.3, -0.25) is 13.9 Å². The maximum absolute atomic E-state index is 13.9. The minimum atomic E-state index is -4.12. The number of hydrogen-bond acceptors (Lipinski definition) is 4. The SMILES string of the molecule is CC(C(=O)NC(C)(C)C)N(Cc1cccc(Br)c1)C(=O)CN(c1ccc(Cl)cc1)S(=O)(=O)c1ccccc1. The predicted octanol–water partition coefficient (Wildman–Crippen LogP) is 5.63. The van der Waals surface area contributed by atoms with Crippen LogP contribution in [0.2, 0.25) is 5.02 Å². The molecule has 0 aromatic heterocycles. The van der Waals surface area contributed by atoms with E-state index in [2.05, 4.69) is 21.2 Å². The molecule has 0 bridgehead atoms. The molecule has 0 saturated carbocycles. The molecule has 202 valence electrons. The molecule has 10 heteroatoms. The summed E-state index contributed by atoms with van der Waals surface area (Å²) >= 11 is 9.49. The summed E-state index contributed by atoms with van der Waals surface area (Å²) in [6.45, 7) is 6.79. The normalized spacial score (nSPS) is 12.5. The summed E-state index contributed by atoms with van der Waals surface area (Å²) in [5.41, 5.74) is 0.551. The Morgan fingerprint density at radius 3 is 2.18 bits per heavy atom. The van der Waals surface area contributed by atoms with Crippen LogP contribution in [0.1, 0.15) is 33.3 Å². The number of nitrogens with one attached hydrogen (secondary N) is 1. The fraction of sp³-hybridized carbons (Fsp3) is 0.286. The van der Waals surface area contributed by atoms with Crippen molar-refractivity contribution >= 4 is 55.1 Å². The highest BCUT2D eigenvalue weighted by Gasteiger charge is 2.33. The van der Waals surface area contributed by atoms with E-state index in [4.69, 9.17) is 11.6 Å². The quantitative estimate of drug-likeness (QED) is 0.336. The molecule has 0 aliphatic heterocycles. The van der Waals surface area contributed by atoms with Crippen LogP contribution in [0.25, 0.3) is 0 Å². The molecule has 3 aromatic rings. The fourth-order valence-corrected chi connectivity index (χ4v) is 5.75. The Hall–Kier alpha value is -2.88. The van der Waals surface area contributed by atoms with Crippen LogP contribution in [-0.2, 0) is 26.2 Å². The van der Waals surface area contributed by atoms with Crippen molar-refractivity contribution in [3.63, 3.8) is 0 Å². The van der Waals surface area contributed by atoms with E-state index in [1.165, 1.54) is 17.0 Å². The van der Waals surface area contributed by atoms with Crippen LogP contribution in [0.3, 0.4) is 0 Å². The summed E-state index contributed by atoms with van der Waals surface area (Å²) in [6, 6.07) is 20.6. The average molecular weight is 621 g/mol. The lowest BCUT2D eigenvalue weighted by atomic mass is 10.1.